The van der Waals surface area contributed by atoms with Gasteiger partial charge in [0.05, 0.1) is 0 Å². The van der Waals surface area contributed by atoms with Gasteiger partial charge in [-0.1, -0.05) is 0 Å². The Morgan fingerprint density at radius 3 is 3.20 bits per heavy atom. The van der Waals surface area contributed by atoms with Crippen LogP contribution >= 0.6 is 11.3 Å². The quantitative estimate of drug-likeness (QED) is 0.774. The van der Waals surface area contributed by atoms with Crippen LogP contribution in [0.4, 0.5) is 5.13 Å². The first-order valence-corrected chi connectivity index (χ1v) is 5.61. The van der Waals surface area contributed by atoms with Gasteiger partial charge >= 0.3 is 0 Å². The third kappa shape index (κ3) is 2.53. The van der Waals surface area contributed by atoms with E-state index in [1.165, 1.54) is 11.3 Å². The van der Waals surface area contributed by atoms with Gasteiger partial charge in [0.15, 0.2) is 5.13 Å². The first-order chi connectivity index (χ1) is 7.25. The number of aromatic nitrogens is 1. The molecule has 80 valence electrons. The molecule has 0 aromatic carbocycles. The third-order valence-corrected chi connectivity index (χ3v) is 2.97. The van der Waals surface area contributed by atoms with Crippen molar-refractivity contribution in [1.29, 1.82) is 0 Å². The van der Waals surface area contributed by atoms with Crippen molar-refractivity contribution in [3.8, 4) is 0 Å². The smallest absolute Gasteiger partial charge is 0.229 e. The molecule has 0 radical (unpaired) electrons. The molecule has 1 aliphatic heterocycles. The lowest BCUT2D eigenvalue weighted by molar-refractivity contribution is -0.129. The van der Waals surface area contributed by atoms with Gasteiger partial charge in [0, 0.05) is 30.5 Å². The van der Waals surface area contributed by atoms with E-state index in [0.29, 0.717) is 18.1 Å². The SMILES string of the molecule is O=C1CC(C(=O)Nc2nccs2)CCN1. The summed E-state index contributed by atoms with van der Waals surface area (Å²) in [5.74, 6) is -0.386. The first-order valence-electron chi connectivity index (χ1n) is 4.73. The van der Waals surface area contributed by atoms with Gasteiger partial charge in [-0.05, 0) is 6.42 Å². The molecule has 1 atom stereocenters. The van der Waals surface area contributed by atoms with Crippen molar-refractivity contribution in [2.24, 2.45) is 5.92 Å². The van der Waals surface area contributed by atoms with Gasteiger partial charge in [0.2, 0.25) is 11.8 Å². The Labute approximate surface area is 90.9 Å². The van der Waals surface area contributed by atoms with E-state index in [2.05, 4.69) is 15.6 Å². The zero-order valence-electron chi connectivity index (χ0n) is 8.03. The normalized spacial score (nSPS) is 20.8. The van der Waals surface area contributed by atoms with Gasteiger partial charge in [-0.25, -0.2) is 4.98 Å². The Hall–Kier alpha value is -1.43. The number of thiazole rings is 1. The zero-order valence-corrected chi connectivity index (χ0v) is 8.84. The highest BCUT2D eigenvalue weighted by Gasteiger charge is 2.25. The average molecular weight is 225 g/mol. The highest BCUT2D eigenvalue weighted by Crippen LogP contribution is 2.17. The molecule has 0 bridgehead atoms. The largest absolute Gasteiger partial charge is 0.356 e. The van der Waals surface area contributed by atoms with Crippen LogP contribution in [0, 0.1) is 5.92 Å². The summed E-state index contributed by atoms with van der Waals surface area (Å²) in [4.78, 5) is 26.7. The summed E-state index contributed by atoms with van der Waals surface area (Å²) >= 11 is 1.37. The summed E-state index contributed by atoms with van der Waals surface area (Å²) in [6.07, 6.45) is 2.61. The van der Waals surface area contributed by atoms with Gasteiger partial charge in [0.25, 0.3) is 0 Å². The highest BCUT2D eigenvalue weighted by atomic mass is 32.1. The lowest BCUT2D eigenvalue weighted by Gasteiger charge is -2.20. The van der Waals surface area contributed by atoms with E-state index >= 15 is 0 Å². The number of anilines is 1. The fraction of sp³-hybridized carbons (Fsp3) is 0.444. The van der Waals surface area contributed by atoms with Crippen molar-refractivity contribution in [3.63, 3.8) is 0 Å². The predicted octanol–water partition coefficient (Wildman–Crippen LogP) is 0.608. The Balaban J connectivity index is 1.93. The minimum atomic E-state index is -0.220. The second-order valence-electron chi connectivity index (χ2n) is 3.37. The van der Waals surface area contributed by atoms with Crippen LogP contribution in [0.15, 0.2) is 11.6 Å². The molecule has 5 nitrogen and oxygen atoms in total. The summed E-state index contributed by atoms with van der Waals surface area (Å²) in [6, 6.07) is 0. The van der Waals surface area contributed by atoms with Crippen molar-refractivity contribution < 1.29 is 9.59 Å². The summed E-state index contributed by atoms with van der Waals surface area (Å²) in [5.41, 5.74) is 0. The number of carbonyl (C=O) groups is 2. The Bertz CT molecular complexity index is 363. The molecule has 0 saturated carbocycles. The van der Waals surface area contributed by atoms with Crippen LogP contribution in [-0.4, -0.2) is 23.3 Å². The van der Waals surface area contributed by atoms with Crippen LogP contribution in [0.2, 0.25) is 0 Å². The molecule has 1 unspecified atom stereocenters. The van der Waals surface area contributed by atoms with Crippen LogP contribution in [0.25, 0.3) is 0 Å². The van der Waals surface area contributed by atoms with Gasteiger partial charge in [-0.15, -0.1) is 11.3 Å². The lowest BCUT2D eigenvalue weighted by Crippen LogP contribution is -2.38. The van der Waals surface area contributed by atoms with Crippen LogP contribution in [0.1, 0.15) is 12.8 Å². The third-order valence-electron chi connectivity index (χ3n) is 2.28. The number of piperidine rings is 1. The maximum atomic E-state index is 11.7. The molecule has 1 aromatic rings. The molecule has 1 aromatic heterocycles. The molecule has 1 saturated heterocycles. The van der Waals surface area contributed by atoms with Crippen LogP contribution in [0.5, 0.6) is 0 Å². The van der Waals surface area contributed by atoms with Crippen molar-refractivity contribution in [3.05, 3.63) is 11.6 Å². The van der Waals surface area contributed by atoms with Crippen molar-refractivity contribution in [2.45, 2.75) is 12.8 Å². The van der Waals surface area contributed by atoms with Gasteiger partial charge in [0.1, 0.15) is 0 Å². The fourth-order valence-corrected chi connectivity index (χ4v) is 2.03. The molecule has 6 heteroatoms. The van der Waals surface area contributed by atoms with Gasteiger partial charge in [-0.2, -0.15) is 0 Å². The average Bonchev–Trinajstić information content (AvgIpc) is 2.70. The van der Waals surface area contributed by atoms with E-state index in [1.54, 1.807) is 11.6 Å². The van der Waals surface area contributed by atoms with Crippen LogP contribution in [0.3, 0.4) is 0 Å². The maximum absolute atomic E-state index is 11.7. The first kappa shape index (κ1) is 10.1. The number of rotatable bonds is 2. The lowest BCUT2D eigenvalue weighted by atomic mass is 9.97. The van der Waals surface area contributed by atoms with E-state index in [4.69, 9.17) is 0 Å². The number of carbonyl (C=O) groups excluding carboxylic acids is 2. The van der Waals surface area contributed by atoms with E-state index < -0.39 is 0 Å². The zero-order chi connectivity index (χ0) is 10.7. The van der Waals surface area contributed by atoms with E-state index in [0.717, 1.165) is 0 Å². The molecule has 0 spiro atoms. The number of amides is 2. The molecule has 0 aliphatic carbocycles. The predicted molar refractivity (Wildman–Crippen MR) is 56.5 cm³/mol. The van der Waals surface area contributed by atoms with Crippen molar-refractivity contribution in [2.75, 3.05) is 11.9 Å². The maximum Gasteiger partial charge on any atom is 0.229 e. The van der Waals surface area contributed by atoms with Crippen LogP contribution < -0.4 is 10.6 Å². The number of nitrogens with zero attached hydrogens (tertiary/aromatic N) is 1. The van der Waals surface area contributed by atoms with E-state index in [9.17, 15) is 9.59 Å². The Morgan fingerprint density at radius 1 is 1.67 bits per heavy atom. The molecule has 2 amide bonds. The minimum Gasteiger partial charge on any atom is -0.356 e. The van der Waals surface area contributed by atoms with Gasteiger partial charge in [-0.3, -0.25) is 9.59 Å². The second-order valence-corrected chi connectivity index (χ2v) is 4.26. The summed E-state index contributed by atoms with van der Waals surface area (Å²) < 4.78 is 0. The minimum absolute atomic E-state index is 0.0551. The molecule has 2 N–H and O–H groups in total. The van der Waals surface area contributed by atoms with E-state index in [1.807, 2.05) is 0 Å². The molecule has 2 rings (SSSR count). The summed E-state index contributed by atoms with van der Waals surface area (Å²) in [7, 11) is 0. The standard InChI is InChI=1S/C9H11N3O2S/c13-7-5-6(1-2-10-7)8(14)12-9-11-3-4-15-9/h3-4,6H,1-2,5H2,(H,10,13)(H,11,12,14). The van der Waals surface area contributed by atoms with E-state index in [-0.39, 0.29) is 24.2 Å². The molecule has 15 heavy (non-hydrogen) atoms. The fourth-order valence-electron chi connectivity index (χ4n) is 1.50. The molecule has 2 heterocycles. The Morgan fingerprint density at radius 2 is 2.53 bits per heavy atom. The number of nitrogens with one attached hydrogen (secondary N) is 2. The Kier molecular flexibility index (Phi) is 2.96. The molecule has 1 aliphatic rings. The molecule has 1 fully saturated rings. The molecular weight excluding hydrogens is 214 g/mol. The van der Waals surface area contributed by atoms with Crippen molar-refractivity contribution >= 4 is 28.3 Å². The second kappa shape index (κ2) is 4.39. The highest BCUT2D eigenvalue weighted by molar-refractivity contribution is 7.13. The van der Waals surface area contributed by atoms with Crippen molar-refractivity contribution in [1.82, 2.24) is 10.3 Å². The monoisotopic (exact) mass is 225 g/mol. The topological polar surface area (TPSA) is 71.1 Å². The van der Waals surface area contributed by atoms with Crippen LogP contribution in [-0.2, 0) is 9.59 Å². The van der Waals surface area contributed by atoms with Gasteiger partial charge < -0.3 is 10.6 Å². The summed E-state index contributed by atoms with van der Waals surface area (Å²) in [6.45, 7) is 0.578. The summed E-state index contributed by atoms with van der Waals surface area (Å²) in [5, 5.41) is 7.78. The number of hydrogen-bond donors (Lipinski definition) is 2. The molecular formula is C9H11N3O2S. The number of hydrogen-bond acceptors (Lipinski definition) is 4.